The molecule has 8 nitrogen and oxygen atoms in total. The summed E-state index contributed by atoms with van der Waals surface area (Å²) < 4.78 is 1.56. The number of carbonyl (C=O) groups excluding carboxylic acids is 2. The third kappa shape index (κ3) is 4.26. The highest BCUT2D eigenvalue weighted by Crippen LogP contribution is 2.23. The molecule has 1 unspecified atom stereocenters. The molecular weight excluding hydrogens is 416 g/mol. The Balaban J connectivity index is 1.24. The summed E-state index contributed by atoms with van der Waals surface area (Å²) in [5, 5.41) is 11.2. The highest BCUT2D eigenvalue weighted by atomic mass is 16.2. The monoisotopic (exact) mass is 444 g/mol. The summed E-state index contributed by atoms with van der Waals surface area (Å²) in [6.45, 7) is 8.34. The fourth-order valence-electron chi connectivity index (χ4n) is 4.55. The molecule has 3 aromatic rings. The zero-order valence-electron chi connectivity index (χ0n) is 19.0. The van der Waals surface area contributed by atoms with Gasteiger partial charge in [0.25, 0.3) is 11.8 Å². The number of rotatable bonds is 4. The van der Waals surface area contributed by atoms with E-state index in [9.17, 15) is 9.59 Å². The fourth-order valence-corrected chi connectivity index (χ4v) is 4.55. The molecule has 1 fully saturated rings. The van der Waals surface area contributed by atoms with Crippen LogP contribution in [0.4, 0.5) is 0 Å². The van der Waals surface area contributed by atoms with Crippen LogP contribution in [0.1, 0.15) is 49.3 Å². The van der Waals surface area contributed by atoms with Crippen molar-refractivity contribution in [2.24, 2.45) is 0 Å². The van der Waals surface area contributed by atoms with E-state index < -0.39 is 0 Å². The summed E-state index contributed by atoms with van der Waals surface area (Å²) in [7, 11) is 0. The van der Waals surface area contributed by atoms with Crippen LogP contribution < -0.4 is 5.32 Å². The van der Waals surface area contributed by atoms with E-state index in [-0.39, 0.29) is 29.2 Å². The van der Waals surface area contributed by atoms with Gasteiger partial charge in [-0.15, -0.1) is 5.10 Å². The molecule has 1 saturated heterocycles. The molecule has 5 rings (SSSR count). The minimum absolute atomic E-state index is 0.140. The van der Waals surface area contributed by atoms with Crippen LogP contribution in [0.2, 0.25) is 0 Å². The smallest absolute Gasteiger partial charge is 0.276 e. The molecule has 1 N–H and O–H groups in total. The summed E-state index contributed by atoms with van der Waals surface area (Å²) in [6, 6.07) is 16.1. The summed E-state index contributed by atoms with van der Waals surface area (Å²) in [5.74, 6) is -0.535. The lowest BCUT2D eigenvalue weighted by Gasteiger charge is -2.34. The SMILES string of the molecule is Cc1ccc(CN2CCN(C(=O)c3nnn4c3C(=O)NC(c3ccccc3)C4)CC2)cc1C. The number of hydrogen-bond donors (Lipinski definition) is 1. The highest BCUT2D eigenvalue weighted by molar-refractivity contribution is 6.05. The van der Waals surface area contributed by atoms with E-state index in [1.54, 1.807) is 9.58 Å². The predicted octanol–water partition coefficient (Wildman–Crippen LogP) is 2.34. The molecule has 2 aliphatic heterocycles. The third-order valence-electron chi connectivity index (χ3n) is 6.65. The summed E-state index contributed by atoms with van der Waals surface area (Å²) in [5.41, 5.74) is 5.28. The van der Waals surface area contributed by atoms with Gasteiger partial charge in [-0.05, 0) is 36.1 Å². The predicted molar refractivity (Wildman–Crippen MR) is 124 cm³/mol. The topological polar surface area (TPSA) is 83.4 Å². The minimum Gasteiger partial charge on any atom is -0.342 e. The number of nitrogens with one attached hydrogen (secondary N) is 1. The van der Waals surface area contributed by atoms with E-state index in [0.29, 0.717) is 19.6 Å². The van der Waals surface area contributed by atoms with Crippen molar-refractivity contribution in [3.63, 3.8) is 0 Å². The largest absolute Gasteiger partial charge is 0.342 e. The molecule has 0 aliphatic carbocycles. The molecule has 1 aromatic heterocycles. The number of aryl methyl sites for hydroxylation is 2. The lowest BCUT2D eigenvalue weighted by Crippen LogP contribution is -2.49. The van der Waals surface area contributed by atoms with E-state index >= 15 is 0 Å². The third-order valence-corrected chi connectivity index (χ3v) is 6.65. The number of piperazine rings is 1. The van der Waals surface area contributed by atoms with E-state index in [4.69, 9.17) is 0 Å². The maximum atomic E-state index is 13.2. The first-order valence-electron chi connectivity index (χ1n) is 11.4. The Morgan fingerprint density at radius 2 is 1.79 bits per heavy atom. The van der Waals surface area contributed by atoms with Gasteiger partial charge in [-0.1, -0.05) is 53.7 Å². The molecule has 0 saturated carbocycles. The number of amides is 2. The Kier molecular flexibility index (Phi) is 5.68. The molecule has 1 atom stereocenters. The lowest BCUT2D eigenvalue weighted by molar-refractivity contribution is 0.0617. The van der Waals surface area contributed by atoms with Crippen LogP contribution in [-0.2, 0) is 13.1 Å². The molecular formula is C25H28N6O2. The van der Waals surface area contributed by atoms with Gasteiger partial charge in [0.2, 0.25) is 0 Å². The van der Waals surface area contributed by atoms with Gasteiger partial charge in [0.1, 0.15) is 0 Å². The summed E-state index contributed by atoms with van der Waals surface area (Å²) in [6.07, 6.45) is 0. The van der Waals surface area contributed by atoms with Gasteiger partial charge in [-0.25, -0.2) is 4.68 Å². The molecule has 33 heavy (non-hydrogen) atoms. The molecule has 3 heterocycles. The van der Waals surface area contributed by atoms with Crippen LogP contribution >= 0.6 is 0 Å². The van der Waals surface area contributed by atoms with Gasteiger partial charge < -0.3 is 10.2 Å². The first-order valence-corrected chi connectivity index (χ1v) is 11.4. The van der Waals surface area contributed by atoms with Crippen molar-refractivity contribution in [3.05, 3.63) is 82.2 Å². The van der Waals surface area contributed by atoms with Crippen molar-refractivity contribution in [1.29, 1.82) is 0 Å². The molecule has 2 aliphatic rings. The van der Waals surface area contributed by atoms with Gasteiger partial charge in [-0.3, -0.25) is 14.5 Å². The lowest BCUT2D eigenvalue weighted by atomic mass is 10.0. The number of fused-ring (bicyclic) bond motifs is 1. The maximum Gasteiger partial charge on any atom is 0.276 e. The highest BCUT2D eigenvalue weighted by Gasteiger charge is 2.35. The molecule has 0 radical (unpaired) electrons. The van der Waals surface area contributed by atoms with E-state index in [1.165, 1.54) is 16.7 Å². The fraction of sp³-hybridized carbons (Fsp3) is 0.360. The average Bonchev–Trinajstić information content (AvgIpc) is 3.27. The number of aromatic nitrogens is 3. The first kappa shape index (κ1) is 21.3. The molecule has 0 bridgehead atoms. The van der Waals surface area contributed by atoms with Gasteiger partial charge in [0.05, 0.1) is 12.6 Å². The standard InChI is InChI=1S/C25H28N6O2/c1-17-8-9-19(14-18(17)2)15-29-10-12-30(13-11-29)25(33)22-23-24(32)26-21(16-31(23)28-27-22)20-6-4-3-5-7-20/h3-9,14,21H,10-13,15-16H2,1-2H3,(H,26,32). The molecule has 2 aromatic carbocycles. The number of benzene rings is 2. The molecule has 0 spiro atoms. The van der Waals surface area contributed by atoms with Gasteiger partial charge in [0, 0.05) is 32.7 Å². The van der Waals surface area contributed by atoms with Crippen LogP contribution in [0.5, 0.6) is 0 Å². The van der Waals surface area contributed by atoms with Crippen LogP contribution in [-0.4, -0.2) is 62.8 Å². The average molecular weight is 445 g/mol. The summed E-state index contributed by atoms with van der Waals surface area (Å²) in [4.78, 5) is 30.2. The Hall–Kier alpha value is -3.52. The van der Waals surface area contributed by atoms with E-state index in [1.807, 2.05) is 30.3 Å². The Morgan fingerprint density at radius 1 is 1.03 bits per heavy atom. The number of nitrogens with zero attached hydrogens (tertiary/aromatic N) is 5. The van der Waals surface area contributed by atoms with Crippen molar-refractivity contribution >= 4 is 11.8 Å². The second kappa shape index (κ2) is 8.78. The second-order valence-corrected chi connectivity index (χ2v) is 8.89. The van der Waals surface area contributed by atoms with Crippen LogP contribution in [0, 0.1) is 13.8 Å². The summed E-state index contributed by atoms with van der Waals surface area (Å²) >= 11 is 0. The second-order valence-electron chi connectivity index (χ2n) is 8.89. The molecule has 8 heteroatoms. The Morgan fingerprint density at radius 3 is 2.52 bits per heavy atom. The van der Waals surface area contributed by atoms with Crippen molar-refractivity contribution in [3.8, 4) is 0 Å². The Labute approximate surface area is 193 Å². The maximum absolute atomic E-state index is 13.2. The van der Waals surface area contributed by atoms with Crippen LogP contribution in [0.15, 0.2) is 48.5 Å². The quantitative estimate of drug-likeness (QED) is 0.668. The molecule has 2 amide bonds. The number of carbonyl (C=O) groups is 2. The normalized spacial score (nSPS) is 18.7. The minimum atomic E-state index is -0.308. The van der Waals surface area contributed by atoms with Gasteiger partial charge in [0.15, 0.2) is 11.4 Å². The van der Waals surface area contributed by atoms with E-state index in [0.717, 1.165) is 25.2 Å². The zero-order chi connectivity index (χ0) is 22.9. The van der Waals surface area contributed by atoms with Gasteiger partial charge >= 0.3 is 0 Å². The first-order chi connectivity index (χ1) is 16.0. The van der Waals surface area contributed by atoms with E-state index in [2.05, 4.69) is 52.6 Å². The molecule has 170 valence electrons. The van der Waals surface area contributed by atoms with Gasteiger partial charge in [-0.2, -0.15) is 0 Å². The van der Waals surface area contributed by atoms with Crippen LogP contribution in [0.25, 0.3) is 0 Å². The number of hydrogen-bond acceptors (Lipinski definition) is 5. The van der Waals surface area contributed by atoms with Crippen molar-refractivity contribution in [2.45, 2.75) is 33.0 Å². The van der Waals surface area contributed by atoms with Crippen molar-refractivity contribution < 1.29 is 9.59 Å². The van der Waals surface area contributed by atoms with Crippen molar-refractivity contribution in [2.75, 3.05) is 26.2 Å². The van der Waals surface area contributed by atoms with Crippen molar-refractivity contribution in [1.82, 2.24) is 30.1 Å². The Bertz CT molecular complexity index is 1180. The van der Waals surface area contributed by atoms with Crippen LogP contribution in [0.3, 0.4) is 0 Å². The zero-order valence-corrected chi connectivity index (χ0v) is 19.0.